The number of carbonyl (C=O) groups excluding carboxylic acids is 3. The zero-order valence-electron chi connectivity index (χ0n) is 34.2. The average molecular weight is 819 g/mol. The molecule has 9 rings (SSSR count). The molecule has 3 amide bonds. The lowest BCUT2D eigenvalue weighted by molar-refractivity contribution is -0.139. The van der Waals surface area contributed by atoms with Crippen LogP contribution in [0.1, 0.15) is 91.9 Å². The lowest BCUT2D eigenvalue weighted by atomic mass is 10.00. The Kier molecular flexibility index (Phi) is 11.7. The molecular weight excluding hydrogens is 769 g/mol. The molecule has 6 aromatic rings. The molecule has 312 valence electrons. The molecule has 0 unspecified atom stereocenters. The molecule has 3 aliphatic heterocycles. The van der Waals surface area contributed by atoms with Crippen LogP contribution in [0.25, 0.3) is 33.9 Å². The molecule has 3 aliphatic rings. The van der Waals surface area contributed by atoms with Gasteiger partial charge in [-0.3, -0.25) is 14.5 Å². The summed E-state index contributed by atoms with van der Waals surface area (Å²) in [7, 11) is 1.28. The second-order valence-electron chi connectivity index (χ2n) is 16.0. The molecule has 14 nitrogen and oxygen atoms in total. The highest BCUT2D eigenvalue weighted by Crippen LogP contribution is 2.37. The van der Waals surface area contributed by atoms with Gasteiger partial charge in [0.1, 0.15) is 23.7 Å². The van der Waals surface area contributed by atoms with E-state index in [0.717, 1.165) is 91.1 Å². The Morgan fingerprint density at radius 1 is 0.607 bits per heavy atom. The first-order chi connectivity index (χ1) is 29.9. The first kappa shape index (κ1) is 39.8. The molecule has 4 atom stereocenters. The predicted octanol–water partition coefficient (Wildman–Crippen LogP) is 7.58. The second-order valence-corrected chi connectivity index (χ2v) is 16.0. The van der Waals surface area contributed by atoms with Gasteiger partial charge in [0.25, 0.3) is 5.91 Å². The Morgan fingerprint density at radius 2 is 1.15 bits per heavy atom. The third-order valence-electron chi connectivity index (χ3n) is 12.2. The van der Waals surface area contributed by atoms with Gasteiger partial charge in [0, 0.05) is 36.6 Å². The molecule has 0 radical (unpaired) electrons. The van der Waals surface area contributed by atoms with E-state index in [-0.39, 0.29) is 29.9 Å². The fourth-order valence-electron chi connectivity index (χ4n) is 9.10. The number of aromatic amines is 2. The average Bonchev–Trinajstić information content (AvgIpc) is 4.17. The zero-order valence-corrected chi connectivity index (χ0v) is 34.2. The molecule has 0 aliphatic carbocycles. The topological polar surface area (TPSA) is 165 Å². The molecule has 61 heavy (non-hydrogen) atoms. The number of likely N-dealkylation sites (tertiary alicyclic amines) is 3. The van der Waals surface area contributed by atoms with Gasteiger partial charge in [-0.15, -0.1) is 0 Å². The molecule has 3 N–H and O–H groups in total. The van der Waals surface area contributed by atoms with E-state index in [1.807, 2.05) is 83.9 Å². The van der Waals surface area contributed by atoms with Gasteiger partial charge < -0.3 is 29.8 Å². The molecule has 0 spiro atoms. The summed E-state index contributed by atoms with van der Waals surface area (Å²) in [6.45, 7) is 3.12. The number of piperidine rings is 1. The zero-order chi connectivity index (χ0) is 41.7. The Balaban J connectivity index is 0.860. The van der Waals surface area contributed by atoms with Gasteiger partial charge in [0.05, 0.1) is 43.0 Å². The molecule has 6 heterocycles. The normalized spacial score (nSPS) is 19.1. The van der Waals surface area contributed by atoms with E-state index in [1.165, 1.54) is 13.5 Å². The lowest BCUT2D eigenvalue weighted by Gasteiger charge is -2.37. The van der Waals surface area contributed by atoms with Crippen LogP contribution in [0.5, 0.6) is 0 Å². The van der Waals surface area contributed by atoms with Crippen molar-refractivity contribution in [1.29, 1.82) is 0 Å². The quantitative estimate of drug-likeness (QED) is 0.120. The maximum atomic E-state index is 14.4. The second kappa shape index (κ2) is 17.9. The fraction of sp³-hybridized carbons (Fsp3) is 0.340. The number of amides is 3. The number of aromatic nitrogens is 6. The van der Waals surface area contributed by atoms with Crippen molar-refractivity contribution in [3.8, 4) is 33.9 Å². The Hall–Kier alpha value is -6.67. The van der Waals surface area contributed by atoms with Crippen molar-refractivity contribution < 1.29 is 19.1 Å². The van der Waals surface area contributed by atoms with Crippen molar-refractivity contribution in [2.75, 3.05) is 33.3 Å². The van der Waals surface area contributed by atoms with E-state index in [9.17, 15) is 14.4 Å². The van der Waals surface area contributed by atoms with Crippen LogP contribution in [0, 0.1) is 0 Å². The minimum absolute atomic E-state index is 0.121. The van der Waals surface area contributed by atoms with Crippen molar-refractivity contribution in [2.45, 2.75) is 69.1 Å². The number of carbonyl (C=O) groups is 3. The van der Waals surface area contributed by atoms with Crippen molar-refractivity contribution in [2.24, 2.45) is 0 Å². The third kappa shape index (κ3) is 8.40. The predicted molar refractivity (Wildman–Crippen MR) is 229 cm³/mol. The molecule has 0 saturated carbocycles. The minimum Gasteiger partial charge on any atom is -0.453 e. The smallest absolute Gasteiger partial charge is 0.407 e. The van der Waals surface area contributed by atoms with Gasteiger partial charge in [-0.2, -0.15) is 0 Å². The summed E-state index contributed by atoms with van der Waals surface area (Å²) in [4.78, 5) is 72.5. The summed E-state index contributed by atoms with van der Waals surface area (Å²) < 4.78 is 4.83. The summed E-state index contributed by atoms with van der Waals surface area (Å²) in [6, 6.07) is 25.8. The minimum atomic E-state index is -0.882. The van der Waals surface area contributed by atoms with Gasteiger partial charge in [0.2, 0.25) is 5.91 Å². The van der Waals surface area contributed by atoms with Crippen LogP contribution in [-0.2, 0) is 14.3 Å². The van der Waals surface area contributed by atoms with E-state index in [1.54, 1.807) is 23.5 Å². The van der Waals surface area contributed by atoms with Crippen LogP contribution in [-0.4, -0.2) is 95.8 Å². The van der Waals surface area contributed by atoms with Gasteiger partial charge in [-0.25, -0.2) is 24.7 Å². The van der Waals surface area contributed by atoms with Crippen LogP contribution in [0.2, 0.25) is 0 Å². The van der Waals surface area contributed by atoms with Gasteiger partial charge in [0.15, 0.2) is 5.82 Å². The maximum absolute atomic E-state index is 14.4. The number of hydrogen-bond donors (Lipinski definition) is 3. The number of hydrogen-bond acceptors (Lipinski definition) is 9. The first-order valence-electron chi connectivity index (χ1n) is 21.3. The van der Waals surface area contributed by atoms with Crippen LogP contribution >= 0.6 is 0 Å². The summed E-state index contributed by atoms with van der Waals surface area (Å²) in [5.41, 5.74) is 5.96. The van der Waals surface area contributed by atoms with Gasteiger partial charge in [-0.05, 0) is 68.3 Å². The third-order valence-corrected chi connectivity index (χ3v) is 12.2. The lowest BCUT2D eigenvalue weighted by Crippen LogP contribution is -2.44. The fourth-order valence-corrected chi connectivity index (χ4v) is 9.10. The molecule has 0 bridgehead atoms. The molecule has 3 aromatic heterocycles. The monoisotopic (exact) mass is 818 g/mol. The molecule has 3 saturated heterocycles. The number of methoxy groups -OCH3 is 1. The number of rotatable bonds is 11. The first-order valence-corrected chi connectivity index (χ1v) is 21.3. The van der Waals surface area contributed by atoms with Gasteiger partial charge >= 0.3 is 6.09 Å². The Morgan fingerprint density at radius 3 is 1.74 bits per heavy atom. The van der Waals surface area contributed by atoms with Crippen molar-refractivity contribution >= 4 is 17.9 Å². The summed E-state index contributed by atoms with van der Waals surface area (Å²) in [5.74, 6) is 2.00. The maximum Gasteiger partial charge on any atom is 0.407 e. The Labute approximate surface area is 354 Å². The number of nitrogens with one attached hydrogen (secondary N) is 3. The van der Waals surface area contributed by atoms with E-state index < -0.39 is 12.1 Å². The summed E-state index contributed by atoms with van der Waals surface area (Å²) in [6.07, 6.45) is 13.3. The molecule has 3 fully saturated rings. The number of ether oxygens (including phenoxy) is 1. The van der Waals surface area contributed by atoms with Crippen molar-refractivity contribution in [1.82, 2.24) is 49.9 Å². The molecule has 14 heteroatoms. The van der Waals surface area contributed by atoms with Crippen molar-refractivity contribution in [3.05, 3.63) is 132 Å². The van der Waals surface area contributed by atoms with Crippen LogP contribution in [0.4, 0.5) is 4.79 Å². The van der Waals surface area contributed by atoms with Crippen molar-refractivity contribution in [3.63, 3.8) is 0 Å². The van der Waals surface area contributed by atoms with E-state index >= 15 is 0 Å². The van der Waals surface area contributed by atoms with E-state index in [2.05, 4.69) is 32.3 Å². The molecular formula is C47H50N10O4. The number of benzene rings is 3. The highest BCUT2D eigenvalue weighted by atomic mass is 16.5. The largest absolute Gasteiger partial charge is 0.453 e. The number of H-pyrrole nitrogens is 2. The van der Waals surface area contributed by atoms with Crippen LogP contribution in [0.15, 0.2) is 110 Å². The SMILES string of the molecule is COC(=O)N[C@@H](C(=O)N1CCC[C@@H]1c1ncc(-c2ccc(-c3ncc(-c4cnc([C@H]5CCCN5C(=O)[C@@H](c5ccccc5)N5CCCCC5)[nH]4)cn3)cc2)[nH]1)c1ccccc1. The number of imidazole rings is 2. The summed E-state index contributed by atoms with van der Waals surface area (Å²) in [5, 5.41) is 2.71. The number of alkyl carbamates (subject to hydrolysis) is 1. The summed E-state index contributed by atoms with van der Waals surface area (Å²) >= 11 is 0. The standard InChI is InChI=1S/C47H50N10O4/c1-61-47(60)54-40(32-13-5-2-6-14-32)45(58)56-25-11-17-38(56)43-50-29-36(52-43)31-19-21-34(22-20-31)42-48-27-35(28-49-42)37-30-51-44(53-37)39-18-12-26-57(39)46(59)41(33-15-7-3-8-16-33)55-23-9-4-10-24-55/h2-3,5-8,13-16,19-22,27-30,38-41H,4,9-12,17-18,23-26H2,1H3,(H,50,52)(H,51,53)(H,54,60)/t38-,39-,40-,41-/m1/s1. The molecule has 3 aromatic carbocycles. The Bertz CT molecular complexity index is 2430. The van der Waals surface area contributed by atoms with Crippen LogP contribution < -0.4 is 5.32 Å². The highest BCUT2D eigenvalue weighted by Gasteiger charge is 2.39. The van der Waals surface area contributed by atoms with Gasteiger partial charge in [-0.1, -0.05) is 91.3 Å². The highest BCUT2D eigenvalue weighted by molar-refractivity contribution is 5.87. The van der Waals surface area contributed by atoms with E-state index in [4.69, 9.17) is 24.7 Å². The number of nitrogens with zero attached hydrogens (tertiary/aromatic N) is 7. The van der Waals surface area contributed by atoms with Crippen LogP contribution in [0.3, 0.4) is 0 Å². The van der Waals surface area contributed by atoms with E-state index in [0.29, 0.717) is 30.3 Å².